The van der Waals surface area contributed by atoms with Crippen molar-refractivity contribution in [1.82, 2.24) is 5.32 Å². The third-order valence-electron chi connectivity index (χ3n) is 2.29. The van der Waals surface area contributed by atoms with Crippen LogP contribution in [0.15, 0.2) is 0 Å². The number of hydrogen-bond acceptors (Lipinski definition) is 1. The zero-order valence-corrected chi connectivity index (χ0v) is 9.19. The van der Waals surface area contributed by atoms with Gasteiger partial charge in [-0.1, -0.05) is 26.7 Å². The Bertz CT molecular complexity index is 233. The molecule has 2 heteroatoms. The molecule has 2 nitrogen and oxygen atoms in total. The maximum Gasteiger partial charge on any atom is 0.226 e. The predicted molar refractivity (Wildman–Crippen MR) is 55.1 cm³/mol. The van der Waals surface area contributed by atoms with Crippen molar-refractivity contribution in [2.75, 3.05) is 0 Å². The molecule has 0 atom stereocenters. The third kappa shape index (κ3) is 3.50. The van der Waals surface area contributed by atoms with Gasteiger partial charge in [0.2, 0.25) is 5.91 Å². The summed E-state index contributed by atoms with van der Waals surface area (Å²) in [6, 6.07) is 0. The molecule has 0 bridgehead atoms. The van der Waals surface area contributed by atoms with E-state index in [2.05, 4.69) is 11.2 Å². The van der Waals surface area contributed by atoms with E-state index in [-0.39, 0.29) is 11.3 Å². The van der Waals surface area contributed by atoms with Gasteiger partial charge < -0.3 is 5.32 Å². The summed E-state index contributed by atoms with van der Waals surface area (Å²) in [4.78, 5) is 11.7. The van der Waals surface area contributed by atoms with E-state index in [9.17, 15) is 4.79 Å². The number of hydrogen-bond donors (Lipinski definition) is 1. The van der Waals surface area contributed by atoms with E-state index in [0.717, 1.165) is 6.42 Å². The Balaban J connectivity index is 4.43. The van der Waals surface area contributed by atoms with E-state index < -0.39 is 5.54 Å². The monoisotopic (exact) mass is 181 g/mol. The van der Waals surface area contributed by atoms with E-state index in [1.807, 2.05) is 34.6 Å². The van der Waals surface area contributed by atoms with Crippen molar-refractivity contribution in [3.05, 3.63) is 0 Å². The van der Waals surface area contributed by atoms with Gasteiger partial charge in [0.15, 0.2) is 0 Å². The molecule has 1 amide bonds. The molecule has 13 heavy (non-hydrogen) atoms. The lowest BCUT2D eigenvalue weighted by atomic mass is 9.88. The summed E-state index contributed by atoms with van der Waals surface area (Å²) < 4.78 is 0. The maximum atomic E-state index is 11.7. The highest BCUT2D eigenvalue weighted by Gasteiger charge is 2.29. The van der Waals surface area contributed by atoms with Crippen molar-refractivity contribution >= 4 is 5.91 Å². The van der Waals surface area contributed by atoms with Crippen LogP contribution in [-0.4, -0.2) is 11.4 Å². The molecule has 0 aliphatic heterocycles. The lowest BCUT2D eigenvalue weighted by Crippen LogP contribution is -2.47. The summed E-state index contributed by atoms with van der Waals surface area (Å²) in [5.74, 6) is 2.55. The van der Waals surface area contributed by atoms with Gasteiger partial charge in [-0.2, -0.15) is 0 Å². The van der Waals surface area contributed by atoms with Gasteiger partial charge in [-0.3, -0.25) is 4.79 Å². The first-order valence-corrected chi connectivity index (χ1v) is 4.55. The minimum absolute atomic E-state index is 0.0120. The molecule has 0 unspecified atom stereocenters. The number of terminal acetylenes is 1. The molecule has 0 spiro atoms. The summed E-state index contributed by atoms with van der Waals surface area (Å²) >= 11 is 0. The van der Waals surface area contributed by atoms with Gasteiger partial charge in [0, 0.05) is 5.41 Å². The second-order valence-corrected chi connectivity index (χ2v) is 4.46. The first kappa shape index (κ1) is 12.0. The zero-order valence-electron chi connectivity index (χ0n) is 9.19. The molecule has 0 aliphatic carbocycles. The van der Waals surface area contributed by atoms with Crippen LogP contribution in [0.4, 0.5) is 0 Å². The van der Waals surface area contributed by atoms with Crippen molar-refractivity contribution in [2.45, 2.75) is 46.6 Å². The number of nitrogens with one attached hydrogen (secondary N) is 1. The quantitative estimate of drug-likeness (QED) is 0.662. The Kier molecular flexibility index (Phi) is 3.54. The van der Waals surface area contributed by atoms with Crippen molar-refractivity contribution in [3.63, 3.8) is 0 Å². The standard InChI is InChI=1S/C11H19NO/c1-7-10(3,4)9(13)12-11(5,6)8-2/h2H,7H2,1,3-6H3,(H,12,13). The fourth-order valence-corrected chi connectivity index (χ4v) is 0.650. The van der Waals surface area contributed by atoms with Gasteiger partial charge in [-0.15, -0.1) is 6.42 Å². The van der Waals surface area contributed by atoms with Gasteiger partial charge in [0.1, 0.15) is 0 Å². The van der Waals surface area contributed by atoms with Crippen LogP contribution in [0.25, 0.3) is 0 Å². The van der Waals surface area contributed by atoms with Gasteiger partial charge in [-0.25, -0.2) is 0 Å². The normalized spacial score (nSPS) is 12.0. The fourth-order valence-electron chi connectivity index (χ4n) is 0.650. The topological polar surface area (TPSA) is 29.1 Å². The first-order valence-electron chi connectivity index (χ1n) is 4.55. The van der Waals surface area contributed by atoms with E-state index in [0.29, 0.717) is 0 Å². The fraction of sp³-hybridized carbons (Fsp3) is 0.727. The smallest absolute Gasteiger partial charge is 0.226 e. The molecule has 74 valence electrons. The van der Waals surface area contributed by atoms with Gasteiger partial charge in [-0.05, 0) is 20.3 Å². The number of amides is 1. The Labute approximate surface area is 81.1 Å². The summed E-state index contributed by atoms with van der Waals surface area (Å²) in [6.07, 6.45) is 6.08. The summed E-state index contributed by atoms with van der Waals surface area (Å²) in [5.41, 5.74) is -0.891. The summed E-state index contributed by atoms with van der Waals surface area (Å²) in [7, 11) is 0. The second kappa shape index (κ2) is 3.83. The molecule has 0 aromatic heterocycles. The number of carbonyl (C=O) groups is 1. The molecule has 0 saturated heterocycles. The maximum absolute atomic E-state index is 11.7. The summed E-state index contributed by atoms with van der Waals surface area (Å²) in [5, 5.41) is 2.82. The van der Waals surface area contributed by atoms with Crippen molar-refractivity contribution in [2.24, 2.45) is 5.41 Å². The highest BCUT2D eigenvalue weighted by molar-refractivity contribution is 5.82. The third-order valence-corrected chi connectivity index (χ3v) is 2.29. The van der Waals surface area contributed by atoms with Crippen LogP contribution < -0.4 is 5.32 Å². The molecular weight excluding hydrogens is 162 g/mol. The molecular formula is C11H19NO. The minimum atomic E-state index is -0.552. The Hall–Kier alpha value is -0.970. The van der Waals surface area contributed by atoms with Crippen LogP contribution in [0.5, 0.6) is 0 Å². The summed E-state index contributed by atoms with van der Waals surface area (Å²) in [6.45, 7) is 9.44. The largest absolute Gasteiger partial charge is 0.340 e. The number of rotatable bonds is 3. The van der Waals surface area contributed by atoms with Gasteiger partial charge in [0.05, 0.1) is 5.54 Å². The Morgan fingerprint density at radius 3 is 2.15 bits per heavy atom. The molecule has 1 N–H and O–H groups in total. The molecule has 0 fully saturated rings. The molecule has 0 rings (SSSR count). The van der Waals surface area contributed by atoms with Crippen molar-refractivity contribution in [1.29, 1.82) is 0 Å². The highest BCUT2D eigenvalue weighted by atomic mass is 16.2. The van der Waals surface area contributed by atoms with Crippen LogP contribution in [0.2, 0.25) is 0 Å². The average molecular weight is 181 g/mol. The van der Waals surface area contributed by atoms with E-state index in [4.69, 9.17) is 6.42 Å². The van der Waals surface area contributed by atoms with Crippen molar-refractivity contribution < 1.29 is 4.79 Å². The lowest BCUT2D eigenvalue weighted by Gasteiger charge is -2.27. The van der Waals surface area contributed by atoms with Gasteiger partial charge >= 0.3 is 0 Å². The van der Waals surface area contributed by atoms with Crippen molar-refractivity contribution in [3.8, 4) is 12.3 Å². The van der Waals surface area contributed by atoms with Crippen LogP contribution >= 0.6 is 0 Å². The SMILES string of the molecule is C#CC(C)(C)NC(=O)C(C)(C)CC. The molecule has 0 aromatic carbocycles. The lowest BCUT2D eigenvalue weighted by molar-refractivity contribution is -0.130. The van der Waals surface area contributed by atoms with Gasteiger partial charge in [0.25, 0.3) is 0 Å². The molecule has 0 saturated carbocycles. The van der Waals surface area contributed by atoms with E-state index in [1.165, 1.54) is 0 Å². The average Bonchev–Trinajstić information content (AvgIpc) is 2.04. The second-order valence-electron chi connectivity index (χ2n) is 4.46. The minimum Gasteiger partial charge on any atom is -0.340 e. The molecule has 0 heterocycles. The predicted octanol–water partition coefficient (Wildman–Crippen LogP) is 1.95. The van der Waals surface area contributed by atoms with Crippen LogP contribution in [0.3, 0.4) is 0 Å². The number of carbonyl (C=O) groups excluding carboxylic acids is 1. The molecule has 0 aromatic rings. The van der Waals surface area contributed by atoms with E-state index in [1.54, 1.807) is 0 Å². The highest BCUT2D eigenvalue weighted by Crippen LogP contribution is 2.20. The van der Waals surface area contributed by atoms with E-state index >= 15 is 0 Å². The molecule has 0 aliphatic rings. The Morgan fingerprint density at radius 2 is 1.85 bits per heavy atom. The Morgan fingerprint density at radius 1 is 1.38 bits per heavy atom. The molecule has 0 radical (unpaired) electrons. The van der Waals surface area contributed by atoms with Crippen LogP contribution in [-0.2, 0) is 4.79 Å². The van der Waals surface area contributed by atoms with Crippen LogP contribution in [0, 0.1) is 17.8 Å². The van der Waals surface area contributed by atoms with Crippen LogP contribution in [0.1, 0.15) is 41.0 Å². The zero-order chi connectivity index (χ0) is 10.7. The first-order chi connectivity index (χ1) is 5.75.